The van der Waals surface area contributed by atoms with Crippen LogP contribution in [0.2, 0.25) is 0 Å². The molecule has 2 aromatic rings. The highest BCUT2D eigenvalue weighted by atomic mass is 16.6. The summed E-state index contributed by atoms with van der Waals surface area (Å²) in [4.78, 5) is 7.83. The summed E-state index contributed by atoms with van der Waals surface area (Å²) in [5, 5.41) is 0. The molecular formula is C17H21N3O2. The van der Waals surface area contributed by atoms with Crippen LogP contribution in [0.4, 0.5) is 17.1 Å². The lowest BCUT2D eigenvalue weighted by Crippen LogP contribution is -2.36. The summed E-state index contributed by atoms with van der Waals surface area (Å²) < 4.78 is 5.37. The lowest BCUT2D eigenvalue weighted by atomic mass is 10.2. The molecule has 0 unspecified atom stereocenters. The van der Waals surface area contributed by atoms with E-state index in [1.807, 2.05) is 36.4 Å². The van der Waals surface area contributed by atoms with Crippen molar-refractivity contribution in [1.29, 1.82) is 0 Å². The number of morpholine rings is 1. The zero-order valence-corrected chi connectivity index (χ0v) is 12.5. The summed E-state index contributed by atoms with van der Waals surface area (Å²) in [7, 11) is 0. The van der Waals surface area contributed by atoms with Crippen LogP contribution in [0.1, 0.15) is 5.56 Å². The summed E-state index contributed by atoms with van der Waals surface area (Å²) in [5.41, 5.74) is 12.6. The number of hydrogen-bond donors (Lipinski definition) is 2. The Kier molecular flexibility index (Phi) is 4.78. The number of rotatable bonds is 5. The van der Waals surface area contributed by atoms with Gasteiger partial charge >= 0.3 is 0 Å². The Hall–Kier alpha value is -2.24. The molecule has 0 spiro atoms. The van der Waals surface area contributed by atoms with E-state index in [0.29, 0.717) is 6.61 Å². The lowest BCUT2D eigenvalue weighted by molar-refractivity contribution is 0.122. The summed E-state index contributed by atoms with van der Waals surface area (Å²) >= 11 is 0. The number of nitrogens with two attached hydrogens (primary N) is 1. The first-order chi connectivity index (χ1) is 10.8. The molecule has 0 amide bonds. The smallest absolute Gasteiger partial charge is 0.0996 e. The van der Waals surface area contributed by atoms with Crippen molar-refractivity contribution < 1.29 is 9.57 Å². The SMILES string of the molecule is Nc1ccc(CONc2ccc(N3CCOCC3)cc2)cc1. The quantitative estimate of drug-likeness (QED) is 0.656. The molecule has 0 saturated carbocycles. The maximum atomic E-state index is 5.65. The highest BCUT2D eigenvalue weighted by Crippen LogP contribution is 2.19. The van der Waals surface area contributed by atoms with Gasteiger partial charge in [0, 0.05) is 24.5 Å². The fourth-order valence-electron chi connectivity index (χ4n) is 2.38. The van der Waals surface area contributed by atoms with Gasteiger partial charge in [-0.1, -0.05) is 12.1 Å². The molecule has 1 aliphatic rings. The maximum absolute atomic E-state index is 5.65. The molecule has 5 nitrogen and oxygen atoms in total. The van der Waals surface area contributed by atoms with Crippen LogP contribution in [0.15, 0.2) is 48.5 Å². The van der Waals surface area contributed by atoms with E-state index in [4.69, 9.17) is 15.3 Å². The Morgan fingerprint density at radius 2 is 1.68 bits per heavy atom. The van der Waals surface area contributed by atoms with Crippen LogP contribution < -0.4 is 16.1 Å². The van der Waals surface area contributed by atoms with E-state index in [1.165, 1.54) is 5.69 Å². The molecule has 0 aliphatic carbocycles. The van der Waals surface area contributed by atoms with Crippen LogP contribution in [0.3, 0.4) is 0 Å². The van der Waals surface area contributed by atoms with Gasteiger partial charge in [0.2, 0.25) is 0 Å². The minimum Gasteiger partial charge on any atom is -0.399 e. The standard InChI is InChI=1S/C17H21N3O2/c18-15-3-1-14(2-4-15)13-22-19-16-5-7-17(8-6-16)20-9-11-21-12-10-20/h1-8,19H,9-13,18H2. The Bertz CT molecular complexity index is 578. The van der Waals surface area contributed by atoms with E-state index < -0.39 is 0 Å². The van der Waals surface area contributed by atoms with Gasteiger partial charge in [0.05, 0.1) is 25.5 Å². The second-order valence-electron chi connectivity index (χ2n) is 5.28. The second-order valence-corrected chi connectivity index (χ2v) is 5.28. The van der Waals surface area contributed by atoms with Crippen LogP contribution in [0, 0.1) is 0 Å². The molecule has 22 heavy (non-hydrogen) atoms. The van der Waals surface area contributed by atoms with Gasteiger partial charge < -0.3 is 15.4 Å². The molecule has 0 atom stereocenters. The molecule has 1 fully saturated rings. The molecule has 0 aromatic heterocycles. The Morgan fingerprint density at radius 1 is 1.00 bits per heavy atom. The highest BCUT2D eigenvalue weighted by molar-refractivity contribution is 5.54. The van der Waals surface area contributed by atoms with Gasteiger partial charge in [-0.05, 0) is 42.0 Å². The number of benzene rings is 2. The van der Waals surface area contributed by atoms with Crippen LogP contribution in [-0.4, -0.2) is 26.3 Å². The van der Waals surface area contributed by atoms with Crippen molar-refractivity contribution in [2.75, 3.05) is 42.4 Å². The Morgan fingerprint density at radius 3 is 2.36 bits per heavy atom. The zero-order valence-electron chi connectivity index (χ0n) is 12.5. The summed E-state index contributed by atoms with van der Waals surface area (Å²) in [6.07, 6.45) is 0. The first kappa shape index (κ1) is 14.7. The van der Waals surface area contributed by atoms with Crippen molar-refractivity contribution >= 4 is 17.1 Å². The van der Waals surface area contributed by atoms with Crippen LogP contribution in [0.25, 0.3) is 0 Å². The van der Waals surface area contributed by atoms with Gasteiger partial charge in [0.1, 0.15) is 0 Å². The summed E-state index contributed by atoms with van der Waals surface area (Å²) in [5.74, 6) is 0. The zero-order chi connectivity index (χ0) is 15.2. The molecule has 5 heteroatoms. The first-order valence-electron chi connectivity index (χ1n) is 7.46. The van der Waals surface area contributed by atoms with Gasteiger partial charge in [0.25, 0.3) is 0 Å². The monoisotopic (exact) mass is 299 g/mol. The van der Waals surface area contributed by atoms with E-state index >= 15 is 0 Å². The molecule has 3 rings (SSSR count). The second kappa shape index (κ2) is 7.15. The minimum absolute atomic E-state index is 0.492. The van der Waals surface area contributed by atoms with Gasteiger partial charge in [-0.3, -0.25) is 10.3 Å². The average molecular weight is 299 g/mol. The third-order valence-corrected chi connectivity index (χ3v) is 3.65. The van der Waals surface area contributed by atoms with Crippen LogP contribution in [-0.2, 0) is 16.2 Å². The van der Waals surface area contributed by atoms with Crippen LogP contribution >= 0.6 is 0 Å². The third kappa shape index (κ3) is 3.90. The fourth-order valence-corrected chi connectivity index (χ4v) is 2.38. The van der Waals surface area contributed by atoms with Crippen molar-refractivity contribution in [2.24, 2.45) is 0 Å². The van der Waals surface area contributed by atoms with E-state index in [1.54, 1.807) is 0 Å². The number of ether oxygens (including phenoxy) is 1. The predicted molar refractivity (Wildman–Crippen MR) is 88.7 cm³/mol. The Labute approximate surface area is 130 Å². The highest BCUT2D eigenvalue weighted by Gasteiger charge is 2.10. The topological polar surface area (TPSA) is 59.8 Å². The number of nitrogen functional groups attached to an aromatic ring is 1. The van der Waals surface area contributed by atoms with Crippen LogP contribution in [0.5, 0.6) is 0 Å². The fraction of sp³-hybridized carbons (Fsp3) is 0.294. The van der Waals surface area contributed by atoms with Crippen molar-refractivity contribution in [1.82, 2.24) is 0 Å². The molecule has 1 saturated heterocycles. The van der Waals surface area contributed by atoms with Gasteiger partial charge in [-0.15, -0.1) is 0 Å². The summed E-state index contributed by atoms with van der Waals surface area (Å²) in [6.45, 7) is 3.97. The van der Waals surface area contributed by atoms with E-state index in [2.05, 4.69) is 22.5 Å². The molecule has 1 aliphatic heterocycles. The molecule has 116 valence electrons. The predicted octanol–water partition coefficient (Wildman–Crippen LogP) is 2.65. The molecule has 2 aromatic carbocycles. The maximum Gasteiger partial charge on any atom is 0.0996 e. The van der Waals surface area contributed by atoms with Gasteiger partial charge in [-0.25, -0.2) is 0 Å². The van der Waals surface area contributed by atoms with Crippen molar-refractivity contribution in [3.63, 3.8) is 0 Å². The van der Waals surface area contributed by atoms with Gasteiger partial charge in [0.15, 0.2) is 0 Å². The lowest BCUT2D eigenvalue weighted by Gasteiger charge is -2.28. The number of nitrogens with one attached hydrogen (secondary N) is 1. The number of hydrogen-bond acceptors (Lipinski definition) is 5. The molecule has 1 heterocycles. The van der Waals surface area contributed by atoms with Crippen molar-refractivity contribution in [3.8, 4) is 0 Å². The summed E-state index contributed by atoms with van der Waals surface area (Å²) in [6, 6.07) is 15.9. The molecule has 0 bridgehead atoms. The first-order valence-corrected chi connectivity index (χ1v) is 7.46. The largest absolute Gasteiger partial charge is 0.399 e. The van der Waals surface area contributed by atoms with Crippen molar-refractivity contribution in [2.45, 2.75) is 6.61 Å². The van der Waals surface area contributed by atoms with Gasteiger partial charge in [-0.2, -0.15) is 0 Å². The van der Waals surface area contributed by atoms with Crippen molar-refractivity contribution in [3.05, 3.63) is 54.1 Å². The molecular weight excluding hydrogens is 278 g/mol. The molecule has 0 radical (unpaired) electrons. The number of nitrogens with zero attached hydrogens (tertiary/aromatic N) is 1. The average Bonchev–Trinajstić information content (AvgIpc) is 2.58. The van der Waals surface area contributed by atoms with E-state index in [9.17, 15) is 0 Å². The molecule has 3 N–H and O–H groups in total. The van der Waals surface area contributed by atoms with E-state index in [-0.39, 0.29) is 0 Å². The third-order valence-electron chi connectivity index (χ3n) is 3.65. The Balaban J connectivity index is 1.49. The normalized spacial score (nSPS) is 14.8. The minimum atomic E-state index is 0.492. The van der Waals surface area contributed by atoms with E-state index in [0.717, 1.165) is 43.2 Å². The number of anilines is 3.